The van der Waals surface area contributed by atoms with Gasteiger partial charge < -0.3 is 9.26 Å². The number of hydrogen-bond acceptors (Lipinski definition) is 6. The van der Waals surface area contributed by atoms with Gasteiger partial charge in [-0.1, -0.05) is 32.0 Å². The van der Waals surface area contributed by atoms with Crippen LogP contribution >= 0.6 is 0 Å². The van der Waals surface area contributed by atoms with E-state index in [4.69, 9.17) is 14.2 Å². The first-order valence-electron chi connectivity index (χ1n) is 9.42. The van der Waals surface area contributed by atoms with E-state index in [-0.39, 0.29) is 5.41 Å². The lowest BCUT2D eigenvalue weighted by Gasteiger charge is -2.15. The molecule has 0 spiro atoms. The summed E-state index contributed by atoms with van der Waals surface area (Å²) in [6, 6.07) is 10.2. The number of benzene rings is 1. The summed E-state index contributed by atoms with van der Waals surface area (Å²) in [7, 11) is 1.68. The van der Waals surface area contributed by atoms with Crippen molar-refractivity contribution in [2.75, 3.05) is 20.2 Å². The zero-order valence-corrected chi connectivity index (χ0v) is 16.4. The fraction of sp³-hybridized carbons (Fsp3) is 0.476. The SMILES string of the molecule is COc1ccc2nc(CN3CCC(c4nc(C(C)(C)C)no4)C3)ccc2c1. The van der Waals surface area contributed by atoms with Crippen LogP contribution in [0.2, 0.25) is 0 Å². The Kier molecular flexibility index (Phi) is 4.60. The molecule has 6 heteroatoms. The Bertz CT molecular complexity index is 945. The molecule has 0 bridgehead atoms. The molecule has 1 aliphatic heterocycles. The van der Waals surface area contributed by atoms with E-state index in [2.05, 4.69) is 47.9 Å². The first kappa shape index (κ1) is 17.9. The fourth-order valence-electron chi connectivity index (χ4n) is 3.47. The van der Waals surface area contributed by atoms with Gasteiger partial charge >= 0.3 is 0 Å². The van der Waals surface area contributed by atoms with Gasteiger partial charge in [-0.15, -0.1) is 0 Å². The summed E-state index contributed by atoms with van der Waals surface area (Å²) in [5.74, 6) is 2.70. The molecule has 0 radical (unpaired) electrons. The molecule has 1 unspecified atom stereocenters. The van der Waals surface area contributed by atoms with Crippen LogP contribution in [0.1, 0.15) is 50.5 Å². The molecule has 0 amide bonds. The van der Waals surface area contributed by atoms with Gasteiger partial charge in [-0.2, -0.15) is 4.98 Å². The second-order valence-corrected chi connectivity index (χ2v) is 8.29. The molecule has 1 aromatic carbocycles. The normalized spacial score (nSPS) is 18.3. The molecule has 1 atom stereocenters. The average molecular weight is 366 g/mol. The lowest BCUT2D eigenvalue weighted by atomic mass is 9.96. The molecular formula is C21H26N4O2. The van der Waals surface area contributed by atoms with Crippen molar-refractivity contribution in [3.63, 3.8) is 0 Å². The highest BCUT2D eigenvalue weighted by atomic mass is 16.5. The Labute approximate surface area is 159 Å². The summed E-state index contributed by atoms with van der Waals surface area (Å²) in [4.78, 5) is 11.8. The van der Waals surface area contributed by atoms with E-state index in [9.17, 15) is 0 Å². The smallest absolute Gasteiger partial charge is 0.231 e. The van der Waals surface area contributed by atoms with E-state index in [1.165, 1.54) is 0 Å². The molecule has 1 aliphatic rings. The minimum atomic E-state index is -0.0856. The quantitative estimate of drug-likeness (QED) is 0.697. The van der Waals surface area contributed by atoms with E-state index in [1.54, 1.807) is 7.11 Å². The number of aromatic nitrogens is 3. The van der Waals surface area contributed by atoms with Crippen LogP contribution in [0.5, 0.6) is 5.75 Å². The number of nitrogens with zero attached hydrogens (tertiary/aromatic N) is 4. The maximum Gasteiger partial charge on any atom is 0.231 e. The van der Waals surface area contributed by atoms with Gasteiger partial charge in [0.25, 0.3) is 0 Å². The van der Waals surface area contributed by atoms with Crippen molar-refractivity contribution >= 4 is 10.9 Å². The molecule has 0 N–H and O–H groups in total. The third kappa shape index (κ3) is 3.81. The molecule has 1 fully saturated rings. The second kappa shape index (κ2) is 6.93. The van der Waals surface area contributed by atoms with E-state index < -0.39 is 0 Å². The first-order chi connectivity index (χ1) is 12.9. The monoisotopic (exact) mass is 366 g/mol. The average Bonchev–Trinajstić information content (AvgIpc) is 3.30. The predicted molar refractivity (Wildman–Crippen MR) is 104 cm³/mol. The molecule has 3 aromatic rings. The van der Waals surface area contributed by atoms with Crippen LogP contribution < -0.4 is 4.74 Å². The van der Waals surface area contributed by atoms with Gasteiger partial charge in [-0.25, -0.2) is 0 Å². The highest BCUT2D eigenvalue weighted by Gasteiger charge is 2.30. The third-order valence-corrected chi connectivity index (χ3v) is 5.07. The number of rotatable bonds is 4. The van der Waals surface area contributed by atoms with Crippen LogP contribution in [0.3, 0.4) is 0 Å². The van der Waals surface area contributed by atoms with Crippen molar-refractivity contribution in [2.45, 2.75) is 45.1 Å². The number of methoxy groups -OCH3 is 1. The standard InChI is InChI=1S/C21H26N4O2/c1-21(2,3)20-23-19(27-24-20)15-9-10-25(12-15)13-16-6-5-14-11-17(26-4)7-8-18(14)22-16/h5-8,11,15H,9-10,12-13H2,1-4H3. The Morgan fingerprint density at radius 3 is 2.78 bits per heavy atom. The van der Waals surface area contributed by atoms with E-state index in [0.29, 0.717) is 5.92 Å². The molecule has 27 heavy (non-hydrogen) atoms. The molecule has 4 rings (SSSR count). The molecule has 0 aliphatic carbocycles. The summed E-state index contributed by atoms with van der Waals surface area (Å²) in [5, 5.41) is 5.26. The maximum atomic E-state index is 5.54. The van der Waals surface area contributed by atoms with Crippen LogP contribution in [-0.4, -0.2) is 40.2 Å². The topological polar surface area (TPSA) is 64.3 Å². The summed E-state index contributed by atoms with van der Waals surface area (Å²) in [6.07, 6.45) is 1.04. The van der Waals surface area contributed by atoms with Gasteiger partial charge in [0.1, 0.15) is 5.75 Å². The molecular weight excluding hydrogens is 340 g/mol. The van der Waals surface area contributed by atoms with Crippen molar-refractivity contribution in [2.24, 2.45) is 0 Å². The van der Waals surface area contributed by atoms with Crippen molar-refractivity contribution in [1.29, 1.82) is 0 Å². The zero-order valence-electron chi connectivity index (χ0n) is 16.4. The van der Waals surface area contributed by atoms with E-state index >= 15 is 0 Å². The summed E-state index contributed by atoms with van der Waals surface area (Å²) >= 11 is 0. The largest absolute Gasteiger partial charge is 0.497 e. The minimum Gasteiger partial charge on any atom is -0.497 e. The Balaban J connectivity index is 1.43. The van der Waals surface area contributed by atoms with Crippen molar-refractivity contribution in [3.05, 3.63) is 47.7 Å². The molecule has 1 saturated heterocycles. The van der Waals surface area contributed by atoms with E-state index in [0.717, 1.165) is 60.1 Å². The Hall–Kier alpha value is -2.47. The summed E-state index contributed by atoms with van der Waals surface area (Å²) < 4.78 is 10.8. The van der Waals surface area contributed by atoms with Crippen LogP contribution in [-0.2, 0) is 12.0 Å². The van der Waals surface area contributed by atoms with Gasteiger partial charge in [0, 0.05) is 23.9 Å². The summed E-state index contributed by atoms with van der Waals surface area (Å²) in [6.45, 7) is 9.07. The lowest BCUT2D eigenvalue weighted by molar-refractivity contribution is 0.305. The Morgan fingerprint density at radius 2 is 2.04 bits per heavy atom. The van der Waals surface area contributed by atoms with Crippen LogP contribution in [0.4, 0.5) is 0 Å². The number of hydrogen-bond donors (Lipinski definition) is 0. The number of fused-ring (bicyclic) bond motifs is 1. The highest BCUT2D eigenvalue weighted by Crippen LogP contribution is 2.29. The highest BCUT2D eigenvalue weighted by molar-refractivity contribution is 5.80. The van der Waals surface area contributed by atoms with Crippen molar-refractivity contribution < 1.29 is 9.26 Å². The number of likely N-dealkylation sites (tertiary alicyclic amines) is 1. The zero-order chi connectivity index (χ0) is 19.0. The van der Waals surface area contributed by atoms with Gasteiger partial charge in [0.15, 0.2) is 5.82 Å². The van der Waals surface area contributed by atoms with Crippen LogP contribution in [0.15, 0.2) is 34.9 Å². The van der Waals surface area contributed by atoms with Crippen molar-refractivity contribution in [1.82, 2.24) is 20.0 Å². The van der Waals surface area contributed by atoms with Gasteiger partial charge in [-0.3, -0.25) is 9.88 Å². The molecule has 3 heterocycles. The van der Waals surface area contributed by atoms with Gasteiger partial charge in [-0.05, 0) is 37.2 Å². The molecule has 2 aromatic heterocycles. The number of ether oxygens (including phenoxy) is 1. The molecule has 6 nitrogen and oxygen atoms in total. The third-order valence-electron chi connectivity index (χ3n) is 5.07. The molecule has 0 saturated carbocycles. The number of pyridine rings is 1. The maximum absolute atomic E-state index is 5.54. The van der Waals surface area contributed by atoms with Crippen LogP contribution in [0.25, 0.3) is 10.9 Å². The minimum absolute atomic E-state index is 0.0856. The summed E-state index contributed by atoms with van der Waals surface area (Å²) in [5.41, 5.74) is 1.99. The molecule has 142 valence electrons. The van der Waals surface area contributed by atoms with E-state index in [1.807, 2.05) is 18.2 Å². The fourth-order valence-corrected chi connectivity index (χ4v) is 3.47. The Morgan fingerprint density at radius 1 is 1.19 bits per heavy atom. The van der Waals surface area contributed by atoms with Crippen molar-refractivity contribution in [3.8, 4) is 5.75 Å². The predicted octanol–water partition coefficient (Wildman–Crippen LogP) is 3.91. The lowest BCUT2D eigenvalue weighted by Crippen LogP contribution is -2.20. The van der Waals surface area contributed by atoms with Gasteiger partial charge in [0.2, 0.25) is 5.89 Å². The van der Waals surface area contributed by atoms with Crippen LogP contribution in [0, 0.1) is 0 Å². The van der Waals surface area contributed by atoms with Gasteiger partial charge in [0.05, 0.1) is 24.2 Å². The second-order valence-electron chi connectivity index (χ2n) is 8.29. The first-order valence-corrected chi connectivity index (χ1v) is 9.42.